The fourth-order valence-electron chi connectivity index (χ4n) is 2.26. The number of nitrogens with zero attached hydrogens (tertiary/aromatic N) is 2. The van der Waals surface area contributed by atoms with E-state index in [9.17, 15) is 13.5 Å². The van der Waals surface area contributed by atoms with Crippen LogP contribution in [0.4, 0.5) is 5.69 Å². The Labute approximate surface area is 152 Å². The lowest BCUT2D eigenvalue weighted by molar-refractivity contribution is 0.474. The minimum atomic E-state index is -3.79. The van der Waals surface area contributed by atoms with Gasteiger partial charge in [-0.2, -0.15) is 13.5 Å². The van der Waals surface area contributed by atoms with Gasteiger partial charge in [0.15, 0.2) is 0 Å². The second-order valence-electron chi connectivity index (χ2n) is 5.22. The third-order valence-electron chi connectivity index (χ3n) is 3.64. The molecule has 0 saturated heterocycles. The molecule has 0 amide bonds. The minimum Gasteiger partial charge on any atom is -0.507 e. The Morgan fingerprint density at radius 1 is 1.16 bits per heavy atom. The van der Waals surface area contributed by atoms with E-state index in [4.69, 9.17) is 11.6 Å². The number of nitrogens with one attached hydrogen (secondary N) is 1. The van der Waals surface area contributed by atoms with Crippen molar-refractivity contribution in [2.24, 2.45) is 5.10 Å². The Morgan fingerprint density at radius 3 is 2.36 bits per heavy atom. The lowest BCUT2D eigenvalue weighted by atomic mass is 10.2. The van der Waals surface area contributed by atoms with Gasteiger partial charge in [0.25, 0.3) is 10.0 Å². The molecule has 2 aromatic carbocycles. The van der Waals surface area contributed by atoms with Crippen molar-refractivity contribution in [2.45, 2.75) is 18.7 Å². The minimum absolute atomic E-state index is 0.0267. The van der Waals surface area contributed by atoms with Gasteiger partial charge in [-0.3, -0.25) is 0 Å². The van der Waals surface area contributed by atoms with Gasteiger partial charge < -0.3 is 10.0 Å². The highest BCUT2D eigenvalue weighted by Crippen LogP contribution is 2.23. The van der Waals surface area contributed by atoms with E-state index in [1.165, 1.54) is 30.5 Å². The Bertz CT molecular complexity index is 848. The normalized spacial score (nSPS) is 11.6. The summed E-state index contributed by atoms with van der Waals surface area (Å²) in [5, 5.41) is 14.3. The second kappa shape index (κ2) is 8.22. The third kappa shape index (κ3) is 4.87. The van der Waals surface area contributed by atoms with Gasteiger partial charge in [-0.1, -0.05) is 11.6 Å². The Balaban J connectivity index is 2.12. The van der Waals surface area contributed by atoms with Crippen molar-refractivity contribution in [3.8, 4) is 5.75 Å². The topological polar surface area (TPSA) is 82.0 Å². The molecule has 0 radical (unpaired) electrons. The summed E-state index contributed by atoms with van der Waals surface area (Å²) in [4.78, 5) is 4.25. The first-order valence-electron chi connectivity index (χ1n) is 7.75. The zero-order valence-corrected chi connectivity index (χ0v) is 15.5. The maximum atomic E-state index is 12.1. The molecule has 6 nitrogen and oxygen atoms in total. The van der Waals surface area contributed by atoms with E-state index in [2.05, 4.69) is 14.8 Å². The van der Waals surface area contributed by atoms with Crippen LogP contribution in [-0.4, -0.2) is 32.8 Å². The summed E-state index contributed by atoms with van der Waals surface area (Å²) in [6.07, 6.45) is 1.26. The molecule has 0 aliphatic carbocycles. The van der Waals surface area contributed by atoms with Crippen LogP contribution in [0.3, 0.4) is 0 Å². The van der Waals surface area contributed by atoms with E-state index in [0.717, 1.165) is 18.8 Å². The average Bonchev–Trinajstić information content (AvgIpc) is 2.58. The van der Waals surface area contributed by atoms with Gasteiger partial charge in [-0.15, -0.1) is 0 Å². The molecular weight excluding hydrogens is 362 g/mol. The Hall–Kier alpha value is -2.25. The van der Waals surface area contributed by atoms with E-state index in [1.54, 1.807) is 12.1 Å². The lowest BCUT2D eigenvalue weighted by Crippen LogP contribution is -2.21. The number of sulfonamides is 1. The molecule has 2 aromatic rings. The van der Waals surface area contributed by atoms with Crippen molar-refractivity contribution in [1.29, 1.82) is 0 Å². The quantitative estimate of drug-likeness (QED) is 0.570. The first-order chi connectivity index (χ1) is 11.9. The summed E-state index contributed by atoms with van der Waals surface area (Å²) in [5.74, 6) is 0.0267. The van der Waals surface area contributed by atoms with Crippen LogP contribution < -0.4 is 9.73 Å². The van der Waals surface area contributed by atoms with Crippen LogP contribution in [0, 0.1) is 0 Å². The van der Waals surface area contributed by atoms with Crippen LogP contribution in [0.1, 0.15) is 19.4 Å². The molecule has 0 aliphatic rings. The molecule has 0 fully saturated rings. The van der Waals surface area contributed by atoms with Gasteiger partial charge in [-0.25, -0.2) is 4.83 Å². The molecule has 0 saturated carbocycles. The fraction of sp³-hybridized carbons (Fsp3) is 0.235. The van der Waals surface area contributed by atoms with E-state index < -0.39 is 10.0 Å². The van der Waals surface area contributed by atoms with E-state index in [1.807, 2.05) is 19.9 Å². The van der Waals surface area contributed by atoms with E-state index >= 15 is 0 Å². The third-order valence-corrected chi connectivity index (χ3v) is 5.13. The molecule has 0 unspecified atom stereocenters. The van der Waals surface area contributed by atoms with Crippen molar-refractivity contribution in [2.75, 3.05) is 18.0 Å². The van der Waals surface area contributed by atoms with Crippen molar-refractivity contribution in [3.05, 3.63) is 53.1 Å². The number of rotatable bonds is 7. The van der Waals surface area contributed by atoms with Crippen LogP contribution in [0.2, 0.25) is 5.02 Å². The second-order valence-corrected chi connectivity index (χ2v) is 7.32. The summed E-state index contributed by atoms with van der Waals surface area (Å²) >= 11 is 5.74. The molecule has 8 heteroatoms. The number of aromatic hydroxyl groups is 1. The molecule has 2 N–H and O–H groups in total. The van der Waals surface area contributed by atoms with Crippen LogP contribution in [0.25, 0.3) is 0 Å². The van der Waals surface area contributed by atoms with Crippen molar-refractivity contribution in [1.82, 2.24) is 4.83 Å². The molecular formula is C17H20ClN3O3S. The number of halogens is 1. The summed E-state index contributed by atoms with van der Waals surface area (Å²) in [6, 6.07) is 10.9. The Morgan fingerprint density at radius 2 is 1.80 bits per heavy atom. The first-order valence-corrected chi connectivity index (χ1v) is 9.62. The molecule has 0 atom stereocenters. The summed E-state index contributed by atoms with van der Waals surface area (Å²) in [7, 11) is -3.79. The summed E-state index contributed by atoms with van der Waals surface area (Å²) in [5.41, 5.74) is 1.30. The highest BCUT2D eigenvalue weighted by molar-refractivity contribution is 7.89. The van der Waals surface area contributed by atoms with Gasteiger partial charge in [0, 0.05) is 35.4 Å². The van der Waals surface area contributed by atoms with E-state index in [-0.39, 0.29) is 10.6 Å². The first kappa shape index (κ1) is 19.1. The largest absolute Gasteiger partial charge is 0.507 e. The van der Waals surface area contributed by atoms with Crippen molar-refractivity contribution >= 4 is 33.5 Å². The predicted molar refractivity (Wildman–Crippen MR) is 101 cm³/mol. The number of phenolic OH excluding ortho intramolecular Hbond substituents is 1. The number of phenols is 1. The molecule has 0 aliphatic heterocycles. The molecule has 2 rings (SSSR count). The van der Waals surface area contributed by atoms with Gasteiger partial charge in [-0.05, 0) is 50.2 Å². The highest BCUT2D eigenvalue weighted by atomic mass is 35.5. The maximum Gasteiger partial charge on any atom is 0.276 e. The number of anilines is 1. The molecule has 0 bridgehead atoms. The van der Waals surface area contributed by atoms with Gasteiger partial charge in [0.1, 0.15) is 5.75 Å². The molecule has 0 aromatic heterocycles. The fourth-order valence-corrected chi connectivity index (χ4v) is 3.18. The van der Waals surface area contributed by atoms with Crippen LogP contribution in [-0.2, 0) is 10.0 Å². The zero-order valence-electron chi connectivity index (χ0n) is 14.0. The highest BCUT2D eigenvalue weighted by Gasteiger charge is 2.12. The number of benzene rings is 2. The summed E-state index contributed by atoms with van der Waals surface area (Å²) < 4.78 is 24.2. The zero-order chi connectivity index (χ0) is 18.4. The van der Waals surface area contributed by atoms with Crippen molar-refractivity contribution < 1.29 is 13.5 Å². The number of hydrazone groups is 1. The molecule has 134 valence electrons. The average molecular weight is 382 g/mol. The van der Waals surface area contributed by atoms with Crippen LogP contribution >= 0.6 is 11.6 Å². The standard InChI is InChI=1S/C17H20ClN3O3S/c1-3-21(4-2)15-8-5-13(17(22)11-15)12-19-20-25(23,24)16-9-6-14(18)7-10-16/h5-12,20,22H,3-4H2,1-2H3/b19-12-. The van der Waals surface area contributed by atoms with Crippen molar-refractivity contribution in [3.63, 3.8) is 0 Å². The van der Waals surface area contributed by atoms with Crippen LogP contribution in [0.5, 0.6) is 5.75 Å². The lowest BCUT2D eigenvalue weighted by Gasteiger charge is -2.21. The number of hydrogen-bond acceptors (Lipinski definition) is 5. The summed E-state index contributed by atoms with van der Waals surface area (Å²) in [6.45, 7) is 5.71. The smallest absolute Gasteiger partial charge is 0.276 e. The molecule has 0 spiro atoms. The van der Waals surface area contributed by atoms with Gasteiger partial charge in [0.05, 0.1) is 11.1 Å². The molecule has 25 heavy (non-hydrogen) atoms. The SMILES string of the molecule is CCN(CC)c1ccc(/C=N\NS(=O)(=O)c2ccc(Cl)cc2)c(O)c1. The monoisotopic (exact) mass is 381 g/mol. The maximum absolute atomic E-state index is 12.1. The van der Waals surface area contributed by atoms with Gasteiger partial charge in [0.2, 0.25) is 0 Å². The van der Waals surface area contributed by atoms with Crippen LogP contribution in [0.15, 0.2) is 52.5 Å². The predicted octanol–water partition coefficient (Wildman–Crippen LogP) is 3.20. The number of hydrogen-bond donors (Lipinski definition) is 2. The van der Waals surface area contributed by atoms with Gasteiger partial charge >= 0.3 is 0 Å². The molecule has 0 heterocycles. The Kier molecular flexibility index (Phi) is 6.27. The van der Waals surface area contributed by atoms with E-state index in [0.29, 0.717) is 10.6 Å².